The fourth-order valence-electron chi connectivity index (χ4n) is 3.14. The normalized spacial score (nSPS) is 14.1. The molecule has 132 valence electrons. The maximum absolute atomic E-state index is 11.1. The summed E-state index contributed by atoms with van der Waals surface area (Å²) in [6.07, 6.45) is 6.33. The van der Waals surface area contributed by atoms with Crippen LogP contribution in [0.15, 0.2) is 36.5 Å². The monoisotopic (exact) mass is 339 g/mol. The van der Waals surface area contributed by atoms with Crippen molar-refractivity contribution >= 4 is 5.91 Å². The van der Waals surface area contributed by atoms with Crippen molar-refractivity contribution in [3.05, 3.63) is 53.2 Å². The topological polar surface area (TPSA) is 68.5 Å². The van der Waals surface area contributed by atoms with E-state index in [2.05, 4.69) is 28.9 Å². The average Bonchev–Trinajstić information content (AvgIpc) is 2.62. The van der Waals surface area contributed by atoms with Crippen molar-refractivity contribution in [1.29, 1.82) is 0 Å². The highest BCUT2D eigenvalue weighted by Gasteiger charge is 2.16. The average molecular weight is 339 g/mol. The summed E-state index contributed by atoms with van der Waals surface area (Å²) in [7, 11) is 0. The molecule has 1 aromatic heterocycles. The number of hydrogen-bond donors (Lipinski definition) is 1. The molecule has 3 rings (SSSR count). The van der Waals surface area contributed by atoms with Gasteiger partial charge in [0, 0.05) is 25.4 Å². The van der Waals surface area contributed by atoms with Gasteiger partial charge in [0.25, 0.3) is 0 Å². The molecule has 0 spiro atoms. The first-order valence-corrected chi connectivity index (χ1v) is 8.93. The SMILES string of the molecule is CCCCCN1CCc2ccc(Oc3ccc(C(N)=O)cn3)cc2C1. The number of amides is 1. The third-order valence-corrected chi connectivity index (χ3v) is 4.59. The molecule has 1 aromatic carbocycles. The number of ether oxygens (including phenoxy) is 1. The van der Waals surface area contributed by atoms with E-state index in [0.717, 1.165) is 31.8 Å². The summed E-state index contributed by atoms with van der Waals surface area (Å²) in [5.41, 5.74) is 8.33. The number of aromatic nitrogens is 1. The van der Waals surface area contributed by atoms with Crippen molar-refractivity contribution in [3.8, 4) is 11.6 Å². The fraction of sp³-hybridized carbons (Fsp3) is 0.400. The van der Waals surface area contributed by atoms with Crippen LogP contribution in [0, 0.1) is 0 Å². The summed E-state index contributed by atoms with van der Waals surface area (Å²) in [5, 5.41) is 0. The van der Waals surface area contributed by atoms with Crippen LogP contribution in [0.5, 0.6) is 11.6 Å². The number of nitrogens with two attached hydrogens (primary N) is 1. The third kappa shape index (κ3) is 4.57. The van der Waals surface area contributed by atoms with Gasteiger partial charge in [-0.15, -0.1) is 0 Å². The Balaban J connectivity index is 1.66. The molecule has 5 nitrogen and oxygen atoms in total. The maximum Gasteiger partial charge on any atom is 0.250 e. The molecule has 1 aliphatic rings. The Morgan fingerprint density at radius 2 is 2.12 bits per heavy atom. The zero-order valence-corrected chi connectivity index (χ0v) is 14.7. The van der Waals surface area contributed by atoms with Gasteiger partial charge in [0.05, 0.1) is 5.56 Å². The molecular weight excluding hydrogens is 314 g/mol. The van der Waals surface area contributed by atoms with Crippen LogP contribution < -0.4 is 10.5 Å². The molecule has 0 radical (unpaired) electrons. The molecule has 0 bridgehead atoms. The van der Waals surface area contributed by atoms with E-state index in [1.165, 1.54) is 36.6 Å². The predicted molar refractivity (Wildman–Crippen MR) is 97.8 cm³/mol. The van der Waals surface area contributed by atoms with Gasteiger partial charge in [0.15, 0.2) is 0 Å². The number of unbranched alkanes of at least 4 members (excludes halogenated alkanes) is 2. The highest BCUT2D eigenvalue weighted by molar-refractivity contribution is 5.92. The van der Waals surface area contributed by atoms with E-state index in [9.17, 15) is 4.79 Å². The van der Waals surface area contributed by atoms with Gasteiger partial charge in [0.1, 0.15) is 5.75 Å². The second-order valence-electron chi connectivity index (χ2n) is 6.52. The number of benzene rings is 1. The molecule has 1 amide bonds. The molecule has 2 N–H and O–H groups in total. The summed E-state index contributed by atoms with van der Waals surface area (Å²) in [6.45, 7) is 5.50. The molecule has 0 aliphatic carbocycles. The summed E-state index contributed by atoms with van der Waals surface area (Å²) in [5.74, 6) is 0.741. The molecule has 25 heavy (non-hydrogen) atoms. The van der Waals surface area contributed by atoms with Gasteiger partial charge in [-0.25, -0.2) is 4.98 Å². The van der Waals surface area contributed by atoms with Crippen LogP contribution in [0.2, 0.25) is 0 Å². The zero-order valence-electron chi connectivity index (χ0n) is 14.7. The molecule has 2 aromatic rings. The first-order valence-electron chi connectivity index (χ1n) is 8.93. The van der Waals surface area contributed by atoms with E-state index in [1.54, 1.807) is 12.1 Å². The lowest BCUT2D eigenvalue weighted by Gasteiger charge is -2.29. The molecule has 0 saturated heterocycles. The predicted octanol–water partition coefficient (Wildman–Crippen LogP) is 3.52. The van der Waals surface area contributed by atoms with Gasteiger partial charge in [-0.05, 0) is 48.7 Å². The van der Waals surface area contributed by atoms with Crippen LogP contribution in [0.1, 0.15) is 47.7 Å². The number of carbonyl (C=O) groups is 1. The first kappa shape index (κ1) is 17.4. The van der Waals surface area contributed by atoms with E-state index in [0.29, 0.717) is 11.4 Å². The van der Waals surface area contributed by atoms with Gasteiger partial charge in [-0.1, -0.05) is 25.8 Å². The lowest BCUT2D eigenvalue weighted by atomic mass is 9.99. The summed E-state index contributed by atoms with van der Waals surface area (Å²) in [4.78, 5) is 17.7. The van der Waals surface area contributed by atoms with Gasteiger partial charge >= 0.3 is 0 Å². The molecule has 5 heteroatoms. The summed E-state index contributed by atoms with van der Waals surface area (Å²) in [6, 6.07) is 9.52. The van der Waals surface area contributed by atoms with Gasteiger partial charge < -0.3 is 10.5 Å². The molecular formula is C20H25N3O2. The standard InChI is InChI=1S/C20H25N3O2/c1-2-3-4-10-23-11-9-15-5-7-18(12-17(15)14-23)25-19-8-6-16(13-22-19)20(21)24/h5-8,12-13H,2-4,9-11,14H2,1H3,(H2,21,24). The van der Waals surface area contributed by atoms with Crippen molar-refractivity contribution < 1.29 is 9.53 Å². The van der Waals surface area contributed by atoms with E-state index >= 15 is 0 Å². The van der Waals surface area contributed by atoms with Crippen molar-refractivity contribution in [2.75, 3.05) is 13.1 Å². The second kappa shape index (κ2) is 8.12. The fourth-order valence-corrected chi connectivity index (χ4v) is 3.14. The van der Waals surface area contributed by atoms with Crippen molar-refractivity contribution in [2.45, 2.75) is 39.2 Å². The number of primary amides is 1. The Morgan fingerprint density at radius 1 is 1.24 bits per heavy atom. The Labute approximate surface area is 148 Å². The molecule has 0 saturated carbocycles. The third-order valence-electron chi connectivity index (χ3n) is 4.59. The van der Waals surface area contributed by atoms with E-state index in [4.69, 9.17) is 10.5 Å². The number of rotatable bonds is 7. The number of hydrogen-bond acceptors (Lipinski definition) is 4. The van der Waals surface area contributed by atoms with Gasteiger partial charge in [0.2, 0.25) is 11.8 Å². The van der Waals surface area contributed by atoms with E-state index in [-0.39, 0.29) is 0 Å². The largest absolute Gasteiger partial charge is 0.439 e. The lowest BCUT2D eigenvalue weighted by Crippen LogP contribution is -2.31. The molecule has 2 heterocycles. The number of carbonyl (C=O) groups excluding carboxylic acids is 1. The second-order valence-corrected chi connectivity index (χ2v) is 6.52. The summed E-state index contributed by atoms with van der Waals surface area (Å²) < 4.78 is 5.83. The van der Waals surface area contributed by atoms with Gasteiger partial charge in [-0.2, -0.15) is 0 Å². The summed E-state index contributed by atoms with van der Waals surface area (Å²) >= 11 is 0. The maximum atomic E-state index is 11.1. The van der Waals surface area contributed by atoms with Crippen molar-refractivity contribution in [1.82, 2.24) is 9.88 Å². The van der Waals surface area contributed by atoms with Crippen LogP contribution in [0.4, 0.5) is 0 Å². The van der Waals surface area contributed by atoms with E-state index in [1.807, 2.05) is 6.07 Å². The number of fused-ring (bicyclic) bond motifs is 1. The van der Waals surface area contributed by atoms with Crippen LogP contribution in [0.3, 0.4) is 0 Å². The van der Waals surface area contributed by atoms with Crippen molar-refractivity contribution in [3.63, 3.8) is 0 Å². The van der Waals surface area contributed by atoms with Crippen LogP contribution >= 0.6 is 0 Å². The van der Waals surface area contributed by atoms with Crippen LogP contribution in [-0.4, -0.2) is 28.9 Å². The Morgan fingerprint density at radius 3 is 2.84 bits per heavy atom. The highest BCUT2D eigenvalue weighted by atomic mass is 16.5. The van der Waals surface area contributed by atoms with Crippen LogP contribution in [-0.2, 0) is 13.0 Å². The van der Waals surface area contributed by atoms with Crippen molar-refractivity contribution in [2.24, 2.45) is 5.73 Å². The lowest BCUT2D eigenvalue weighted by molar-refractivity contribution is 0.1000. The minimum atomic E-state index is -0.490. The Kier molecular flexibility index (Phi) is 5.66. The smallest absolute Gasteiger partial charge is 0.250 e. The Hall–Kier alpha value is -2.40. The van der Waals surface area contributed by atoms with Gasteiger partial charge in [-0.3, -0.25) is 9.69 Å². The molecule has 1 aliphatic heterocycles. The first-order chi connectivity index (χ1) is 12.2. The minimum Gasteiger partial charge on any atom is -0.439 e. The van der Waals surface area contributed by atoms with Crippen LogP contribution in [0.25, 0.3) is 0 Å². The Bertz CT molecular complexity index is 728. The zero-order chi connectivity index (χ0) is 17.6. The molecule has 0 atom stereocenters. The number of nitrogens with zero attached hydrogens (tertiary/aromatic N) is 2. The highest BCUT2D eigenvalue weighted by Crippen LogP contribution is 2.27. The van der Waals surface area contributed by atoms with E-state index < -0.39 is 5.91 Å². The molecule has 0 unspecified atom stereocenters. The quantitative estimate of drug-likeness (QED) is 0.784. The number of pyridine rings is 1. The molecule has 0 fully saturated rings. The minimum absolute atomic E-state index is 0.375.